The second-order valence-corrected chi connectivity index (χ2v) is 6.45. The quantitative estimate of drug-likeness (QED) is 0.390. The summed E-state index contributed by atoms with van der Waals surface area (Å²) in [6.45, 7) is 4.67. The molecule has 2 atom stereocenters. The summed E-state index contributed by atoms with van der Waals surface area (Å²) in [5.74, 6) is 3.99. The highest BCUT2D eigenvalue weighted by molar-refractivity contribution is 5.02. The first kappa shape index (κ1) is 12.2. The molecule has 0 heterocycles. The molecule has 0 bridgehead atoms. The molecule has 2 unspecified atom stereocenters. The lowest BCUT2D eigenvalue weighted by molar-refractivity contribution is 0.511. The van der Waals surface area contributed by atoms with Gasteiger partial charge >= 0.3 is 0 Å². The van der Waals surface area contributed by atoms with Crippen molar-refractivity contribution in [2.75, 3.05) is 0 Å². The van der Waals surface area contributed by atoms with Crippen molar-refractivity contribution < 1.29 is 0 Å². The summed E-state index contributed by atoms with van der Waals surface area (Å²) in [6, 6.07) is 0. The van der Waals surface area contributed by atoms with Crippen LogP contribution in [0.1, 0.15) is 65.2 Å². The molecule has 2 rings (SSSR count). The van der Waals surface area contributed by atoms with E-state index < -0.39 is 0 Å². The van der Waals surface area contributed by atoms with Gasteiger partial charge in [0, 0.05) is 0 Å². The Hall–Kier alpha value is -0.260. The number of rotatable bonds is 8. The Morgan fingerprint density at radius 1 is 1.19 bits per heavy atom. The molecule has 0 aromatic rings. The zero-order valence-corrected chi connectivity index (χ0v) is 11.1. The van der Waals surface area contributed by atoms with Crippen molar-refractivity contribution in [3.63, 3.8) is 0 Å². The molecule has 0 amide bonds. The third kappa shape index (κ3) is 4.72. The molecule has 2 fully saturated rings. The van der Waals surface area contributed by atoms with Crippen LogP contribution in [0.5, 0.6) is 0 Å². The van der Waals surface area contributed by atoms with Gasteiger partial charge in [-0.3, -0.25) is 0 Å². The maximum Gasteiger partial charge on any atom is -0.0202 e. The molecule has 0 N–H and O–H groups in total. The van der Waals surface area contributed by atoms with E-state index in [1.165, 1.54) is 51.4 Å². The van der Waals surface area contributed by atoms with Gasteiger partial charge in [0.05, 0.1) is 0 Å². The minimum atomic E-state index is 0.897. The molecule has 92 valence electrons. The number of hydrogen-bond acceptors (Lipinski definition) is 0. The Morgan fingerprint density at radius 2 is 2.00 bits per heavy atom. The Bertz CT molecular complexity index is 222. The van der Waals surface area contributed by atoms with Gasteiger partial charge in [-0.2, -0.15) is 0 Å². The molecule has 0 nitrogen and oxygen atoms in total. The van der Waals surface area contributed by atoms with Crippen LogP contribution < -0.4 is 0 Å². The minimum Gasteiger partial charge on any atom is -0.0880 e. The first-order valence-corrected chi connectivity index (χ1v) is 7.42. The largest absolute Gasteiger partial charge is 0.0880 e. The van der Waals surface area contributed by atoms with Crippen molar-refractivity contribution in [1.29, 1.82) is 0 Å². The summed E-state index contributed by atoms with van der Waals surface area (Å²) in [5.41, 5.74) is 0. The van der Waals surface area contributed by atoms with Gasteiger partial charge in [-0.05, 0) is 55.8 Å². The summed E-state index contributed by atoms with van der Waals surface area (Å²) < 4.78 is 0. The zero-order chi connectivity index (χ0) is 11.4. The van der Waals surface area contributed by atoms with Crippen molar-refractivity contribution >= 4 is 0 Å². The second-order valence-electron chi connectivity index (χ2n) is 6.45. The maximum atomic E-state index is 2.52. The molecule has 0 radical (unpaired) electrons. The van der Waals surface area contributed by atoms with Crippen molar-refractivity contribution in [3.8, 4) is 0 Å². The van der Waals surface area contributed by atoms with Crippen molar-refractivity contribution in [1.82, 2.24) is 0 Å². The van der Waals surface area contributed by atoms with Gasteiger partial charge in [-0.1, -0.05) is 45.3 Å². The fraction of sp³-hybridized carbons (Fsp3) is 0.875. The van der Waals surface area contributed by atoms with E-state index in [-0.39, 0.29) is 0 Å². The maximum absolute atomic E-state index is 2.52. The Labute approximate surface area is 102 Å². The molecule has 0 aliphatic heterocycles. The van der Waals surface area contributed by atoms with E-state index in [0.717, 1.165) is 23.7 Å². The number of allylic oxidation sites excluding steroid dienone is 2. The van der Waals surface area contributed by atoms with E-state index in [1.54, 1.807) is 0 Å². The average Bonchev–Trinajstić information content (AvgIpc) is 3.09. The Kier molecular flexibility index (Phi) is 4.49. The van der Waals surface area contributed by atoms with Crippen molar-refractivity contribution in [2.24, 2.45) is 23.7 Å². The van der Waals surface area contributed by atoms with E-state index >= 15 is 0 Å². The summed E-state index contributed by atoms with van der Waals surface area (Å²) in [4.78, 5) is 0. The lowest BCUT2D eigenvalue weighted by Gasteiger charge is -2.03. The minimum absolute atomic E-state index is 0.897. The van der Waals surface area contributed by atoms with Crippen molar-refractivity contribution in [3.05, 3.63) is 12.2 Å². The third-order valence-corrected chi connectivity index (χ3v) is 4.13. The standard InChI is InChI=1S/C16H28/c1-13(2)6-3-4-8-15-12-16(15)9-5-7-14-10-11-14/h5,9,13-16H,3-4,6-8,10-12H2,1-2H3. The monoisotopic (exact) mass is 220 g/mol. The number of unbranched alkanes of at least 4 members (excludes halogenated alkanes) is 1. The summed E-state index contributed by atoms with van der Waals surface area (Å²) in [6.07, 6.45) is 16.7. The average molecular weight is 220 g/mol. The molecule has 0 spiro atoms. The van der Waals surface area contributed by atoms with E-state index in [0.29, 0.717) is 0 Å². The molecular weight excluding hydrogens is 192 g/mol. The molecular formula is C16H28. The van der Waals surface area contributed by atoms with Gasteiger partial charge in [0.25, 0.3) is 0 Å². The first-order valence-electron chi connectivity index (χ1n) is 7.42. The predicted molar refractivity (Wildman–Crippen MR) is 71.4 cm³/mol. The molecule has 0 aromatic heterocycles. The molecule has 2 saturated carbocycles. The molecule has 0 saturated heterocycles. The van der Waals surface area contributed by atoms with Crippen LogP contribution >= 0.6 is 0 Å². The topological polar surface area (TPSA) is 0 Å². The fourth-order valence-electron chi connectivity index (χ4n) is 2.60. The second kappa shape index (κ2) is 5.89. The highest BCUT2D eigenvalue weighted by atomic mass is 14.4. The highest BCUT2D eigenvalue weighted by Crippen LogP contribution is 2.44. The van der Waals surface area contributed by atoms with Gasteiger partial charge in [-0.25, -0.2) is 0 Å². The molecule has 16 heavy (non-hydrogen) atoms. The summed E-state index contributed by atoms with van der Waals surface area (Å²) in [5, 5.41) is 0. The Balaban J connectivity index is 1.45. The first-order chi connectivity index (χ1) is 7.75. The molecule has 2 aliphatic rings. The number of hydrogen-bond donors (Lipinski definition) is 0. The molecule has 0 aromatic carbocycles. The lowest BCUT2D eigenvalue weighted by Crippen LogP contribution is -1.88. The van der Waals surface area contributed by atoms with Crippen LogP contribution in [0.4, 0.5) is 0 Å². The van der Waals surface area contributed by atoms with Crippen LogP contribution in [0.3, 0.4) is 0 Å². The summed E-state index contributed by atoms with van der Waals surface area (Å²) in [7, 11) is 0. The molecule has 2 aliphatic carbocycles. The van der Waals surface area contributed by atoms with Crippen LogP contribution in [-0.2, 0) is 0 Å². The van der Waals surface area contributed by atoms with Crippen LogP contribution in [0.15, 0.2) is 12.2 Å². The van der Waals surface area contributed by atoms with Gasteiger partial charge < -0.3 is 0 Å². The van der Waals surface area contributed by atoms with E-state index in [1.807, 2.05) is 0 Å². The van der Waals surface area contributed by atoms with Crippen LogP contribution in [0.25, 0.3) is 0 Å². The third-order valence-electron chi connectivity index (χ3n) is 4.13. The fourth-order valence-corrected chi connectivity index (χ4v) is 2.60. The highest BCUT2D eigenvalue weighted by Gasteiger charge is 2.33. The van der Waals surface area contributed by atoms with Crippen LogP contribution in [0, 0.1) is 23.7 Å². The summed E-state index contributed by atoms with van der Waals surface area (Å²) >= 11 is 0. The van der Waals surface area contributed by atoms with Gasteiger partial charge in [0.2, 0.25) is 0 Å². The van der Waals surface area contributed by atoms with Gasteiger partial charge in [0.15, 0.2) is 0 Å². The van der Waals surface area contributed by atoms with Crippen LogP contribution in [0.2, 0.25) is 0 Å². The van der Waals surface area contributed by atoms with E-state index in [9.17, 15) is 0 Å². The van der Waals surface area contributed by atoms with E-state index in [2.05, 4.69) is 26.0 Å². The SMILES string of the molecule is CC(C)CCCCC1CC1C=CCC1CC1. The van der Waals surface area contributed by atoms with Gasteiger partial charge in [0.1, 0.15) is 0 Å². The normalized spacial score (nSPS) is 29.2. The van der Waals surface area contributed by atoms with Crippen molar-refractivity contribution in [2.45, 2.75) is 65.2 Å². The molecule has 0 heteroatoms. The van der Waals surface area contributed by atoms with Gasteiger partial charge in [-0.15, -0.1) is 0 Å². The Morgan fingerprint density at radius 3 is 2.69 bits per heavy atom. The smallest absolute Gasteiger partial charge is 0.0202 e. The lowest BCUT2D eigenvalue weighted by atomic mass is 10.0. The van der Waals surface area contributed by atoms with Crippen LogP contribution in [-0.4, -0.2) is 0 Å². The zero-order valence-electron chi connectivity index (χ0n) is 11.1. The van der Waals surface area contributed by atoms with E-state index in [4.69, 9.17) is 0 Å². The predicted octanol–water partition coefficient (Wildman–Crippen LogP) is 5.20.